The lowest BCUT2D eigenvalue weighted by molar-refractivity contribution is -0.141. The molecule has 0 bridgehead atoms. The Morgan fingerprint density at radius 3 is 2.27 bits per heavy atom. The van der Waals surface area contributed by atoms with Crippen LogP contribution in [0.2, 0.25) is 0 Å². The van der Waals surface area contributed by atoms with Crippen molar-refractivity contribution in [2.45, 2.75) is 24.9 Å². The summed E-state index contributed by atoms with van der Waals surface area (Å²) in [6.45, 7) is 0. The van der Waals surface area contributed by atoms with E-state index in [9.17, 15) is 9.59 Å². The average molecular weight is 208 g/mol. The molecule has 0 radical (unpaired) electrons. The van der Waals surface area contributed by atoms with Gasteiger partial charge in [-0.25, -0.2) is 4.79 Å². The van der Waals surface area contributed by atoms with Gasteiger partial charge in [-0.3, -0.25) is 4.79 Å². The summed E-state index contributed by atoms with van der Waals surface area (Å²) in [7, 11) is 0. The minimum absolute atomic E-state index is 0.0498. The molecule has 1 amide bonds. The van der Waals surface area contributed by atoms with E-state index >= 15 is 0 Å². The molecule has 0 aromatic rings. The summed E-state index contributed by atoms with van der Waals surface area (Å²) in [5.74, 6) is 2.54. The Balaban J connectivity index is 4.31. The van der Waals surface area contributed by atoms with Crippen molar-refractivity contribution in [3.63, 3.8) is 0 Å². The molecule has 0 unspecified atom stereocenters. The van der Waals surface area contributed by atoms with Crippen molar-refractivity contribution in [3.05, 3.63) is 0 Å². The van der Waals surface area contributed by atoms with Gasteiger partial charge in [0.15, 0.2) is 0 Å². The van der Waals surface area contributed by atoms with Crippen LogP contribution in [-0.4, -0.2) is 29.1 Å². The van der Waals surface area contributed by atoms with Crippen LogP contribution in [0.5, 0.6) is 0 Å². The summed E-state index contributed by atoms with van der Waals surface area (Å²) >= 11 is 0. The highest BCUT2D eigenvalue weighted by atomic mass is 16.4. The number of hydrogen-bond acceptors (Lipinski definition) is 3. The van der Waals surface area contributed by atoms with E-state index in [0.29, 0.717) is 0 Å². The summed E-state index contributed by atoms with van der Waals surface area (Å²) < 4.78 is 0. The third kappa shape index (κ3) is 4.70. The van der Waals surface area contributed by atoms with Crippen molar-refractivity contribution < 1.29 is 14.7 Å². The summed E-state index contributed by atoms with van der Waals surface area (Å²) in [6.07, 6.45) is 9.86. The van der Waals surface area contributed by atoms with E-state index in [1.165, 1.54) is 0 Å². The third-order valence-corrected chi connectivity index (χ3v) is 1.61. The summed E-state index contributed by atoms with van der Waals surface area (Å²) in [4.78, 5) is 21.9. The lowest BCUT2D eigenvalue weighted by Crippen LogP contribution is -2.48. The largest absolute Gasteiger partial charge is 0.480 e. The molecule has 0 rings (SSSR count). The number of carbonyl (C=O) groups excluding carboxylic acids is 1. The fourth-order valence-electron chi connectivity index (χ4n) is 0.816. The van der Waals surface area contributed by atoms with Gasteiger partial charge in [-0.1, -0.05) is 0 Å². The van der Waals surface area contributed by atoms with Gasteiger partial charge in [-0.05, 0) is 0 Å². The lowest BCUT2D eigenvalue weighted by atomic mass is 10.1. The molecule has 0 aliphatic rings. The van der Waals surface area contributed by atoms with Gasteiger partial charge in [-0.15, -0.1) is 24.7 Å². The molecule has 0 aromatic carbocycles. The molecule has 0 aromatic heterocycles. The second-order valence-electron chi connectivity index (χ2n) is 2.82. The van der Waals surface area contributed by atoms with Gasteiger partial charge in [-0.2, -0.15) is 0 Å². The second-order valence-corrected chi connectivity index (χ2v) is 2.82. The standard InChI is InChI=1S/C10H12N2O3/c1-3-5-7(11)9(13)12-8(6-4-2)10(14)15/h1-2,7-8H,5-6,11H2,(H,12,13)(H,14,15)/t7-,8-/m0/s1. The van der Waals surface area contributed by atoms with E-state index < -0.39 is 24.0 Å². The van der Waals surface area contributed by atoms with Crippen LogP contribution in [0.15, 0.2) is 0 Å². The fraction of sp³-hybridized carbons (Fsp3) is 0.400. The zero-order valence-corrected chi connectivity index (χ0v) is 8.06. The monoisotopic (exact) mass is 208 g/mol. The molecule has 15 heavy (non-hydrogen) atoms. The molecule has 0 saturated heterocycles. The van der Waals surface area contributed by atoms with E-state index in [2.05, 4.69) is 17.2 Å². The predicted molar refractivity (Wildman–Crippen MR) is 54.4 cm³/mol. The summed E-state index contributed by atoms with van der Waals surface area (Å²) in [5, 5.41) is 10.9. The maximum atomic E-state index is 11.3. The molecule has 0 saturated carbocycles. The zero-order chi connectivity index (χ0) is 11.8. The predicted octanol–water partition coefficient (Wildman–Crippen LogP) is -1.07. The molecule has 4 N–H and O–H groups in total. The highest BCUT2D eigenvalue weighted by Crippen LogP contribution is 1.93. The van der Waals surface area contributed by atoms with Crippen LogP contribution < -0.4 is 11.1 Å². The van der Waals surface area contributed by atoms with E-state index in [1.807, 2.05) is 0 Å². The van der Waals surface area contributed by atoms with E-state index in [4.69, 9.17) is 23.7 Å². The van der Waals surface area contributed by atoms with Crippen LogP contribution in [-0.2, 0) is 9.59 Å². The van der Waals surface area contributed by atoms with Crippen LogP contribution in [0.4, 0.5) is 0 Å². The van der Waals surface area contributed by atoms with Crippen molar-refractivity contribution in [3.8, 4) is 24.7 Å². The molecule has 0 aliphatic heterocycles. The molecule has 2 atom stereocenters. The first-order chi connectivity index (χ1) is 7.02. The molecule has 80 valence electrons. The average Bonchev–Trinajstić information content (AvgIpc) is 2.17. The Hall–Kier alpha value is -1.98. The number of rotatable bonds is 5. The summed E-state index contributed by atoms with van der Waals surface area (Å²) in [6, 6.07) is -2.03. The van der Waals surface area contributed by atoms with Crippen molar-refractivity contribution in [1.29, 1.82) is 0 Å². The number of hydrogen-bond donors (Lipinski definition) is 3. The maximum Gasteiger partial charge on any atom is 0.327 e. The number of carbonyl (C=O) groups is 2. The SMILES string of the molecule is C#CC[C@H](NC(=O)[C@@H](N)CC#C)C(=O)O. The fourth-order valence-corrected chi connectivity index (χ4v) is 0.816. The van der Waals surface area contributed by atoms with Crippen molar-refractivity contribution in [2.24, 2.45) is 5.73 Å². The number of nitrogens with two attached hydrogens (primary N) is 1. The van der Waals surface area contributed by atoms with Crippen LogP contribution in [0.3, 0.4) is 0 Å². The van der Waals surface area contributed by atoms with Gasteiger partial charge in [0.2, 0.25) is 5.91 Å². The first-order valence-corrected chi connectivity index (χ1v) is 4.18. The third-order valence-electron chi connectivity index (χ3n) is 1.61. The smallest absolute Gasteiger partial charge is 0.327 e. The molecule has 5 heteroatoms. The minimum Gasteiger partial charge on any atom is -0.480 e. The van der Waals surface area contributed by atoms with Gasteiger partial charge in [0.1, 0.15) is 6.04 Å². The minimum atomic E-state index is -1.20. The van der Waals surface area contributed by atoms with Crippen LogP contribution >= 0.6 is 0 Å². The molecular weight excluding hydrogens is 196 g/mol. The Kier molecular flexibility index (Phi) is 5.62. The highest BCUT2D eigenvalue weighted by Gasteiger charge is 2.21. The molecular formula is C10H12N2O3. The first kappa shape index (κ1) is 13.0. The zero-order valence-electron chi connectivity index (χ0n) is 8.06. The van der Waals surface area contributed by atoms with Crippen molar-refractivity contribution in [1.82, 2.24) is 5.32 Å². The van der Waals surface area contributed by atoms with E-state index in [0.717, 1.165) is 0 Å². The van der Waals surface area contributed by atoms with E-state index in [-0.39, 0.29) is 12.8 Å². The number of carboxylic acids is 1. The normalized spacial score (nSPS) is 13.0. The molecule has 5 nitrogen and oxygen atoms in total. The molecule has 0 fully saturated rings. The van der Waals surface area contributed by atoms with Gasteiger partial charge >= 0.3 is 5.97 Å². The molecule has 0 spiro atoms. The lowest BCUT2D eigenvalue weighted by Gasteiger charge is -2.14. The van der Waals surface area contributed by atoms with Crippen LogP contribution in [0, 0.1) is 24.7 Å². The Bertz CT molecular complexity index is 325. The van der Waals surface area contributed by atoms with Gasteiger partial charge in [0.25, 0.3) is 0 Å². The van der Waals surface area contributed by atoms with Crippen LogP contribution in [0.25, 0.3) is 0 Å². The first-order valence-electron chi connectivity index (χ1n) is 4.18. The number of terminal acetylenes is 2. The Labute approximate surface area is 88.0 Å². The van der Waals surface area contributed by atoms with Crippen LogP contribution in [0.1, 0.15) is 12.8 Å². The van der Waals surface area contributed by atoms with Gasteiger partial charge in [0.05, 0.1) is 6.04 Å². The molecule has 0 heterocycles. The van der Waals surface area contributed by atoms with Gasteiger partial charge in [0, 0.05) is 12.8 Å². The Morgan fingerprint density at radius 1 is 1.33 bits per heavy atom. The number of carboxylic acid groups (broad SMARTS) is 1. The Morgan fingerprint density at radius 2 is 1.87 bits per heavy atom. The maximum absolute atomic E-state index is 11.3. The van der Waals surface area contributed by atoms with E-state index in [1.54, 1.807) is 0 Å². The highest BCUT2D eigenvalue weighted by molar-refractivity contribution is 5.87. The number of aliphatic carboxylic acids is 1. The number of nitrogens with one attached hydrogen (secondary N) is 1. The second kappa shape index (κ2) is 6.47. The quantitative estimate of drug-likeness (QED) is 0.501. The summed E-state index contributed by atoms with van der Waals surface area (Å²) in [5.41, 5.74) is 5.37. The van der Waals surface area contributed by atoms with Gasteiger partial charge < -0.3 is 16.2 Å². The van der Waals surface area contributed by atoms with Crippen molar-refractivity contribution in [2.75, 3.05) is 0 Å². The van der Waals surface area contributed by atoms with Crippen molar-refractivity contribution >= 4 is 11.9 Å². The number of amides is 1. The molecule has 0 aliphatic carbocycles. The topological polar surface area (TPSA) is 92.4 Å².